The largest absolute Gasteiger partial charge is 0.507 e. The number of hydrogen-bond donors (Lipinski definition) is 2. The lowest BCUT2D eigenvalue weighted by Crippen LogP contribution is -2.39. The predicted molar refractivity (Wildman–Crippen MR) is 237 cm³/mol. The van der Waals surface area contributed by atoms with Crippen molar-refractivity contribution in [2.45, 2.75) is 182 Å². The van der Waals surface area contributed by atoms with E-state index in [9.17, 15) is 15.0 Å². The van der Waals surface area contributed by atoms with Gasteiger partial charge in [0.05, 0.1) is 30.9 Å². The molecule has 7 nitrogen and oxygen atoms in total. The minimum atomic E-state index is -1.74. The van der Waals surface area contributed by atoms with Crippen molar-refractivity contribution >= 4 is 12.2 Å². The Morgan fingerprint density at radius 1 is 0.667 bits per heavy atom. The summed E-state index contributed by atoms with van der Waals surface area (Å²) >= 11 is 0. The van der Waals surface area contributed by atoms with E-state index < -0.39 is 17.6 Å². The van der Waals surface area contributed by atoms with Gasteiger partial charge in [-0.2, -0.15) is 0 Å². The third kappa shape index (κ3) is 14.2. The van der Waals surface area contributed by atoms with Gasteiger partial charge < -0.3 is 24.4 Å². The van der Waals surface area contributed by atoms with E-state index in [1.807, 2.05) is 19.1 Å². The second-order valence-corrected chi connectivity index (χ2v) is 18.1. The molecule has 0 saturated carbocycles. The molecule has 3 aromatic rings. The number of unbranched alkanes of at least 4 members (excludes halogenated alkanes) is 10. The molecule has 0 aliphatic carbocycles. The standard InChI is InChI=1S/C50H75NO6/c1-12-14-16-18-20-22-30-55-45-28-25-40(48(6,7)8)33-42(45)50(54,37(5)51-35-39-32-38(24-27-44(39)52)47(53)57-36(3)4)43-34-41(49(9,10)11)26-29-46(43)56-31-23-21-19-17-15-13-2/h24-29,32-37,52,54H,12-23,30-31H2,1-11H3. The molecule has 1 unspecified atom stereocenters. The van der Waals surface area contributed by atoms with Crippen molar-refractivity contribution in [3.8, 4) is 17.2 Å². The average Bonchev–Trinajstić information content (AvgIpc) is 3.15. The first-order chi connectivity index (χ1) is 26.9. The summed E-state index contributed by atoms with van der Waals surface area (Å²) in [7, 11) is 0. The van der Waals surface area contributed by atoms with Crippen LogP contribution in [0.2, 0.25) is 0 Å². The van der Waals surface area contributed by atoms with E-state index in [0.29, 0.717) is 47.0 Å². The SMILES string of the molecule is CCCCCCCCOc1ccc(C(C)(C)C)cc1C(O)(c1cc(C(C)(C)C)ccc1OCCCCCCCC)C(C)N=Cc1cc(C(=O)OC(C)C)ccc1O. The maximum atomic E-state index is 13.7. The van der Waals surface area contributed by atoms with Gasteiger partial charge in [0.2, 0.25) is 0 Å². The summed E-state index contributed by atoms with van der Waals surface area (Å²) in [5.74, 6) is 0.684. The van der Waals surface area contributed by atoms with Crippen LogP contribution in [0, 0.1) is 0 Å². The van der Waals surface area contributed by atoms with Gasteiger partial charge in [-0.15, -0.1) is 0 Å². The molecule has 1 atom stereocenters. The highest BCUT2D eigenvalue weighted by molar-refractivity contribution is 5.93. The number of phenolic OH excluding ortho intramolecular Hbond substituents is 1. The first-order valence-corrected chi connectivity index (χ1v) is 21.8. The van der Waals surface area contributed by atoms with Gasteiger partial charge in [-0.25, -0.2) is 4.79 Å². The molecule has 0 heterocycles. The summed E-state index contributed by atoms with van der Waals surface area (Å²) in [6, 6.07) is 16.1. The van der Waals surface area contributed by atoms with Crippen LogP contribution in [0.3, 0.4) is 0 Å². The number of aliphatic imine (C=N–C) groups is 1. The first kappa shape index (κ1) is 47.5. The number of aliphatic hydroxyl groups is 1. The molecule has 0 bridgehead atoms. The summed E-state index contributed by atoms with van der Waals surface area (Å²) in [5, 5.41) is 24.7. The molecule has 316 valence electrons. The van der Waals surface area contributed by atoms with E-state index in [-0.39, 0.29) is 22.7 Å². The normalized spacial score (nSPS) is 13.0. The molecule has 0 aromatic heterocycles. The van der Waals surface area contributed by atoms with Gasteiger partial charge in [0, 0.05) is 22.9 Å². The Morgan fingerprint density at radius 2 is 1.12 bits per heavy atom. The molecule has 57 heavy (non-hydrogen) atoms. The van der Waals surface area contributed by atoms with Crippen molar-refractivity contribution in [1.82, 2.24) is 0 Å². The summed E-state index contributed by atoms with van der Waals surface area (Å²) in [6.07, 6.45) is 14.9. The quantitative estimate of drug-likeness (QED) is 0.0564. The predicted octanol–water partition coefficient (Wildman–Crippen LogP) is 12.8. The Kier molecular flexibility index (Phi) is 18.6. The zero-order valence-electron chi connectivity index (χ0n) is 37.3. The van der Waals surface area contributed by atoms with Crippen molar-refractivity contribution in [2.75, 3.05) is 13.2 Å². The van der Waals surface area contributed by atoms with Crippen LogP contribution in [0.25, 0.3) is 0 Å². The van der Waals surface area contributed by atoms with Crippen LogP contribution in [-0.2, 0) is 21.2 Å². The zero-order chi connectivity index (χ0) is 42.2. The average molecular weight is 786 g/mol. The van der Waals surface area contributed by atoms with Crippen molar-refractivity contribution in [1.29, 1.82) is 0 Å². The van der Waals surface area contributed by atoms with Gasteiger partial charge >= 0.3 is 5.97 Å². The highest BCUT2D eigenvalue weighted by Crippen LogP contribution is 2.46. The van der Waals surface area contributed by atoms with Gasteiger partial charge in [-0.05, 0) is 98.0 Å². The molecule has 0 aliphatic rings. The van der Waals surface area contributed by atoms with E-state index >= 15 is 0 Å². The second-order valence-electron chi connectivity index (χ2n) is 18.1. The van der Waals surface area contributed by atoms with Crippen LogP contribution in [-0.4, -0.2) is 47.8 Å². The van der Waals surface area contributed by atoms with Crippen LogP contribution in [0.4, 0.5) is 0 Å². The van der Waals surface area contributed by atoms with Crippen LogP contribution < -0.4 is 9.47 Å². The number of aromatic hydroxyl groups is 1. The fourth-order valence-electron chi connectivity index (χ4n) is 6.93. The smallest absolute Gasteiger partial charge is 0.338 e. The number of benzene rings is 3. The monoisotopic (exact) mass is 786 g/mol. The molecule has 0 saturated heterocycles. The molecule has 0 amide bonds. The number of rotatable bonds is 23. The van der Waals surface area contributed by atoms with Gasteiger partial charge in [-0.3, -0.25) is 4.99 Å². The number of phenols is 1. The molecular weight excluding hydrogens is 711 g/mol. The maximum absolute atomic E-state index is 13.7. The number of carbonyl (C=O) groups excluding carboxylic acids is 1. The molecule has 0 fully saturated rings. The van der Waals surface area contributed by atoms with Crippen LogP contribution in [0.5, 0.6) is 17.2 Å². The van der Waals surface area contributed by atoms with Crippen LogP contribution >= 0.6 is 0 Å². The van der Waals surface area contributed by atoms with Crippen molar-refractivity contribution < 1.29 is 29.2 Å². The van der Waals surface area contributed by atoms with Crippen LogP contribution in [0.1, 0.15) is 191 Å². The summed E-state index contributed by atoms with van der Waals surface area (Å²) in [5.41, 5.74) is 1.78. The minimum absolute atomic E-state index is 0.0361. The lowest BCUT2D eigenvalue weighted by Gasteiger charge is -2.37. The number of esters is 1. The van der Waals surface area contributed by atoms with E-state index in [1.165, 1.54) is 69.7 Å². The van der Waals surface area contributed by atoms with E-state index in [1.54, 1.807) is 19.9 Å². The maximum Gasteiger partial charge on any atom is 0.338 e. The Bertz CT molecular complexity index is 1630. The fraction of sp³-hybridized carbons (Fsp3) is 0.600. The number of nitrogens with zero attached hydrogens (tertiary/aromatic N) is 1. The molecule has 7 heteroatoms. The van der Waals surface area contributed by atoms with E-state index in [4.69, 9.17) is 19.2 Å². The van der Waals surface area contributed by atoms with Crippen molar-refractivity contribution in [3.63, 3.8) is 0 Å². The van der Waals surface area contributed by atoms with Crippen LogP contribution in [0.15, 0.2) is 59.6 Å². The Hall–Kier alpha value is -3.84. The van der Waals surface area contributed by atoms with Gasteiger partial charge in [0.25, 0.3) is 0 Å². The lowest BCUT2D eigenvalue weighted by atomic mass is 9.75. The molecule has 0 radical (unpaired) electrons. The van der Waals surface area contributed by atoms with Crippen molar-refractivity contribution in [2.24, 2.45) is 4.99 Å². The Labute approximate surface area is 345 Å². The molecule has 0 spiro atoms. The van der Waals surface area contributed by atoms with E-state index in [2.05, 4.69) is 79.7 Å². The molecule has 3 aromatic carbocycles. The van der Waals surface area contributed by atoms with Gasteiger partial charge in [0.1, 0.15) is 22.8 Å². The first-order valence-electron chi connectivity index (χ1n) is 21.8. The minimum Gasteiger partial charge on any atom is -0.507 e. The van der Waals surface area contributed by atoms with E-state index in [0.717, 1.165) is 36.8 Å². The topological polar surface area (TPSA) is 97.6 Å². The summed E-state index contributed by atoms with van der Waals surface area (Å²) in [6.45, 7) is 24.0. The lowest BCUT2D eigenvalue weighted by molar-refractivity contribution is 0.0377. The highest BCUT2D eigenvalue weighted by atomic mass is 16.5. The fourth-order valence-corrected chi connectivity index (χ4v) is 6.93. The van der Waals surface area contributed by atoms with Crippen molar-refractivity contribution in [3.05, 3.63) is 88.0 Å². The zero-order valence-corrected chi connectivity index (χ0v) is 37.3. The summed E-state index contributed by atoms with van der Waals surface area (Å²) < 4.78 is 18.7. The Balaban J connectivity index is 2.25. The molecule has 0 aliphatic heterocycles. The number of hydrogen-bond acceptors (Lipinski definition) is 7. The number of ether oxygens (including phenoxy) is 3. The van der Waals surface area contributed by atoms with Gasteiger partial charge in [0.15, 0.2) is 0 Å². The van der Waals surface area contributed by atoms with Gasteiger partial charge in [-0.1, -0.05) is 132 Å². The molecular formula is C50H75NO6. The third-order valence-corrected chi connectivity index (χ3v) is 10.7. The molecule has 2 N–H and O–H groups in total. The second kappa shape index (κ2) is 22.3. The highest BCUT2D eigenvalue weighted by Gasteiger charge is 2.44. The molecule has 3 rings (SSSR count). The third-order valence-electron chi connectivity index (χ3n) is 10.7. The Morgan fingerprint density at radius 3 is 1.56 bits per heavy atom. The summed E-state index contributed by atoms with van der Waals surface area (Å²) in [4.78, 5) is 17.8. The number of carbonyl (C=O) groups is 1.